The minimum absolute atomic E-state index is 0.0805. The number of amides is 2. The molecule has 1 unspecified atom stereocenters. The monoisotopic (exact) mass is 384 g/mol. The summed E-state index contributed by atoms with van der Waals surface area (Å²) in [6.07, 6.45) is 3.85. The number of nitrogens with two attached hydrogens (primary N) is 1. The third kappa shape index (κ3) is 3.44. The smallest absolute Gasteiger partial charge is 0.275 e. The molecule has 144 valence electrons. The molecule has 1 saturated heterocycles. The third-order valence-corrected chi connectivity index (χ3v) is 4.12. The lowest BCUT2D eigenvalue weighted by atomic mass is 10.2. The van der Waals surface area contributed by atoms with Gasteiger partial charge in [0.15, 0.2) is 11.4 Å². The number of primary amides is 1. The molecule has 1 aliphatic heterocycles. The van der Waals surface area contributed by atoms with Gasteiger partial charge in [-0.25, -0.2) is 15.0 Å². The quantitative estimate of drug-likeness (QED) is 0.565. The molecule has 3 aromatic heterocycles. The Hall–Kier alpha value is -3.67. The van der Waals surface area contributed by atoms with Crippen LogP contribution in [0.4, 0.5) is 0 Å². The molecule has 1 fully saturated rings. The molecular weight excluding hydrogens is 368 g/mol. The molecule has 0 spiro atoms. The van der Waals surface area contributed by atoms with Crippen LogP contribution in [-0.4, -0.2) is 79.2 Å². The average Bonchev–Trinajstić information content (AvgIpc) is 3.15. The van der Waals surface area contributed by atoms with E-state index in [9.17, 15) is 9.59 Å². The van der Waals surface area contributed by atoms with Crippen LogP contribution in [0.25, 0.3) is 11.2 Å². The van der Waals surface area contributed by atoms with Crippen LogP contribution in [0.1, 0.15) is 21.0 Å². The predicted octanol–water partition coefficient (Wildman–Crippen LogP) is -1.31. The van der Waals surface area contributed by atoms with E-state index in [1.807, 2.05) is 0 Å². The van der Waals surface area contributed by atoms with E-state index in [2.05, 4.69) is 25.3 Å². The van der Waals surface area contributed by atoms with E-state index in [0.717, 1.165) is 0 Å². The van der Waals surface area contributed by atoms with Crippen LogP contribution >= 0.6 is 0 Å². The molecule has 0 radical (unpaired) electrons. The van der Waals surface area contributed by atoms with E-state index in [1.54, 1.807) is 18.3 Å². The van der Waals surface area contributed by atoms with Gasteiger partial charge in [0.2, 0.25) is 5.65 Å². The van der Waals surface area contributed by atoms with Crippen molar-refractivity contribution in [3.63, 3.8) is 0 Å². The summed E-state index contributed by atoms with van der Waals surface area (Å²) in [4.78, 5) is 44.6. The van der Waals surface area contributed by atoms with Crippen LogP contribution in [-0.2, 0) is 4.74 Å². The van der Waals surface area contributed by atoms with E-state index < -0.39 is 17.9 Å². The number of ether oxygens (including phenoxy) is 1. The molecule has 1 atom stereocenters. The number of aromatic nitrogens is 6. The molecule has 2 N–H and O–H groups in total. The van der Waals surface area contributed by atoms with Gasteiger partial charge in [-0.3, -0.25) is 9.59 Å². The lowest BCUT2D eigenvalue weighted by Crippen LogP contribution is -2.48. The summed E-state index contributed by atoms with van der Waals surface area (Å²) in [7, 11) is 0. The maximum atomic E-state index is 12.8. The minimum atomic E-state index is -0.810. The standard InChI is InChI=1S/C16H16N8O4/c17-14(25)12-13(19-5-4-18-12)16(26)23-6-7-27-10(8-23)9-28-24-15-11(21-22-24)2-1-3-20-15/h1-5,10H,6-9H2,(H2,17,25). The first-order chi connectivity index (χ1) is 13.6. The molecule has 0 saturated carbocycles. The van der Waals surface area contributed by atoms with Crippen molar-refractivity contribution in [3.8, 4) is 0 Å². The molecule has 12 heteroatoms. The second-order valence-electron chi connectivity index (χ2n) is 5.97. The highest BCUT2D eigenvalue weighted by Gasteiger charge is 2.29. The molecule has 2 amide bonds. The van der Waals surface area contributed by atoms with Crippen LogP contribution < -0.4 is 10.6 Å². The van der Waals surface area contributed by atoms with Gasteiger partial charge in [0.05, 0.1) is 13.2 Å². The number of carbonyl (C=O) groups is 2. The number of hydrogen-bond acceptors (Lipinski definition) is 9. The topological polar surface area (TPSA) is 151 Å². The van der Waals surface area contributed by atoms with Gasteiger partial charge in [-0.15, -0.1) is 5.10 Å². The highest BCUT2D eigenvalue weighted by molar-refractivity contribution is 6.03. The molecule has 28 heavy (non-hydrogen) atoms. The molecule has 1 aliphatic rings. The SMILES string of the molecule is NC(=O)c1nccnc1C(=O)N1CCOC(COn2nnc3cccnc32)C1. The zero-order valence-corrected chi connectivity index (χ0v) is 14.6. The van der Waals surface area contributed by atoms with E-state index in [0.29, 0.717) is 24.3 Å². The number of morpholine rings is 1. The second-order valence-corrected chi connectivity index (χ2v) is 5.97. The summed E-state index contributed by atoms with van der Waals surface area (Å²) >= 11 is 0. The first-order valence-electron chi connectivity index (χ1n) is 8.45. The maximum absolute atomic E-state index is 12.8. The summed E-state index contributed by atoms with van der Waals surface area (Å²) in [6, 6.07) is 3.52. The Labute approximate surface area is 158 Å². The number of pyridine rings is 1. The first-order valence-corrected chi connectivity index (χ1v) is 8.45. The summed E-state index contributed by atoms with van der Waals surface area (Å²) in [5.74, 6) is -1.25. The zero-order chi connectivity index (χ0) is 19.5. The van der Waals surface area contributed by atoms with E-state index in [4.69, 9.17) is 15.3 Å². The van der Waals surface area contributed by atoms with Crippen LogP contribution in [0.15, 0.2) is 30.7 Å². The molecule has 0 aromatic carbocycles. The Balaban J connectivity index is 1.43. The van der Waals surface area contributed by atoms with Crippen LogP contribution in [0, 0.1) is 0 Å². The van der Waals surface area contributed by atoms with Gasteiger partial charge >= 0.3 is 0 Å². The fraction of sp³-hybridized carbons (Fsp3) is 0.312. The van der Waals surface area contributed by atoms with Crippen LogP contribution in [0.2, 0.25) is 0 Å². The van der Waals surface area contributed by atoms with Crippen molar-refractivity contribution in [2.45, 2.75) is 6.10 Å². The van der Waals surface area contributed by atoms with Crippen molar-refractivity contribution in [1.82, 2.24) is 35.0 Å². The highest BCUT2D eigenvalue weighted by Crippen LogP contribution is 2.12. The Morgan fingerprint density at radius 1 is 1.21 bits per heavy atom. The van der Waals surface area contributed by atoms with Gasteiger partial charge < -0.3 is 20.2 Å². The molecule has 0 aliphatic carbocycles. The Kier molecular flexibility index (Phi) is 4.76. The molecular formula is C16H16N8O4. The third-order valence-electron chi connectivity index (χ3n) is 4.12. The van der Waals surface area contributed by atoms with Crippen molar-refractivity contribution in [1.29, 1.82) is 0 Å². The van der Waals surface area contributed by atoms with E-state index in [1.165, 1.54) is 22.1 Å². The largest absolute Gasteiger partial charge is 0.391 e. The Morgan fingerprint density at radius 3 is 2.86 bits per heavy atom. The second kappa shape index (κ2) is 7.52. The molecule has 3 aromatic rings. The maximum Gasteiger partial charge on any atom is 0.275 e. The van der Waals surface area contributed by atoms with Crippen LogP contribution in [0.5, 0.6) is 0 Å². The highest BCUT2D eigenvalue weighted by atomic mass is 16.7. The van der Waals surface area contributed by atoms with E-state index >= 15 is 0 Å². The fourth-order valence-corrected chi connectivity index (χ4v) is 2.82. The number of nitrogens with zero attached hydrogens (tertiary/aromatic N) is 7. The van der Waals surface area contributed by atoms with Crippen molar-refractivity contribution in [2.75, 3.05) is 26.3 Å². The van der Waals surface area contributed by atoms with Crippen LogP contribution in [0.3, 0.4) is 0 Å². The lowest BCUT2D eigenvalue weighted by molar-refractivity contribution is -0.0681. The molecule has 4 heterocycles. The number of carbonyl (C=O) groups excluding carboxylic acids is 2. The summed E-state index contributed by atoms with van der Waals surface area (Å²) in [5, 5.41) is 7.84. The zero-order valence-electron chi connectivity index (χ0n) is 14.6. The van der Waals surface area contributed by atoms with Gasteiger partial charge in [0, 0.05) is 25.1 Å². The average molecular weight is 384 g/mol. The lowest BCUT2D eigenvalue weighted by Gasteiger charge is -2.32. The fourth-order valence-electron chi connectivity index (χ4n) is 2.82. The summed E-state index contributed by atoms with van der Waals surface area (Å²) in [6.45, 7) is 1.02. The van der Waals surface area contributed by atoms with Gasteiger partial charge in [0.1, 0.15) is 18.2 Å². The molecule has 4 rings (SSSR count). The molecule has 12 nitrogen and oxygen atoms in total. The minimum Gasteiger partial charge on any atom is -0.391 e. The Bertz CT molecular complexity index is 1020. The predicted molar refractivity (Wildman–Crippen MR) is 93.0 cm³/mol. The van der Waals surface area contributed by atoms with Gasteiger partial charge in [-0.2, -0.15) is 0 Å². The van der Waals surface area contributed by atoms with Gasteiger partial charge in [0.25, 0.3) is 11.8 Å². The number of rotatable bonds is 5. The van der Waals surface area contributed by atoms with E-state index in [-0.39, 0.29) is 24.5 Å². The molecule has 0 bridgehead atoms. The van der Waals surface area contributed by atoms with Gasteiger partial charge in [-0.05, 0) is 17.3 Å². The number of fused-ring (bicyclic) bond motifs is 1. The first kappa shape index (κ1) is 17.7. The van der Waals surface area contributed by atoms with Crippen molar-refractivity contribution in [3.05, 3.63) is 42.1 Å². The van der Waals surface area contributed by atoms with Crippen molar-refractivity contribution >= 4 is 23.0 Å². The summed E-state index contributed by atoms with van der Waals surface area (Å²) in [5.41, 5.74) is 6.12. The normalized spacial score (nSPS) is 16.9. The van der Waals surface area contributed by atoms with Crippen molar-refractivity contribution in [2.24, 2.45) is 5.73 Å². The van der Waals surface area contributed by atoms with Crippen molar-refractivity contribution < 1.29 is 19.2 Å². The Morgan fingerprint density at radius 2 is 2.04 bits per heavy atom. The summed E-state index contributed by atoms with van der Waals surface area (Å²) < 4.78 is 5.65. The number of hydrogen-bond donors (Lipinski definition) is 1. The van der Waals surface area contributed by atoms with Gasteiger partial charge in [-0.1, -0.05) is 4.85 Å².